The highest BCUT2D eigenvalue weighted by molar-refractivity contribution is 6.04. The molecule has 0 fully saturated rings. The molecule has 212 valence electrons. The Balaban J connectivity index is 1.72. The second-order valence-electron chi connectivity index (χ2n) is 12.2. The fraction of sp³-hybridized carbons (Fsp3) is 0.600. The minimum absolute atomic E-state index is 0.125. The summed E-state index contributed by atoms with van der Waals surface area (Å²) in [5.74, 6) is -0.847. The van der Waals surface area contributed by atoms with Gasteiger partial charge in [-0.25, -0.2) is 9.59 Å². The third-order valence-electron chi connectivity index (χ3n) is 10.2. The maximum absolute atomic E-state index is 14.2. The molecular weight excluding hydrogens is 484 g/mol. The van der Waals surface area contributed by atoms with Gasteiger partial charge in [-0.3, -0.25) is 0 Å². The molecule has 6 unspecified atom stereocenters. The smallest absolute Gasteiger partial charge is 0.336 e. The van der Waals surface area contributed by atoms with Crippen molar-refractivity contribution in [2.75, 3.05) is 0 Å². The first-order chi connectivity index (χ1) is 18.6. The highest BCUT2D eigenvalue weighted by atomic mass is 16.6. The summed E-state index contributed by atoms with van der Waals surface area (Å²) in [6.07, 6.45) is 21.6. The average molecular weight is 533 g/mol. The van der Waals surface area contributed by atoms with Crippen LogP contribution in [0.1, 0.15) is 93.9 Å². The molecule has 0 aliphatic heterocycles. The highest BCUT2D eigenvalue weighted by Crippen LogP contribution is 2.58. The van der Waals surface area contributed by atoms with Crippen molar-refractivity contribution < 1.29 is 19.1 Å². The van der Waals surface area contributed by atoms with E-state index >= 15 is 0 Å². The summed E-state index contributed by atoms with van der Waals surface area (Å²) in [5, 5.41) is 0. The lowest BCUT2D eigenvalue weighted by Gasteiger charge is -2.41. The zero-order chi connectivity index (χ0) is 28.6. The lowest BCUT2D eigenvalue weighted by Crippen LogP contribution is -2.44. The Morgan fingerprint density at radius 2 is 1.08 bits per heavy atom. The van der Waals surface area contributed by atoms with Gasteiger partial charge in [0, 0.05) is 23.7 Å². The third-order valence-corrected chi connectivity index (χ3v) is 10.2. The predicted molar refractivity (Wildman–Crippen MR) is 158 cm³/mol. The van der Waals surface area contributed by atoms with Gasteiger partial charge in [0.05, 0.1) is 11.1 Å². The van der Waals surface area contributed by atoms with Crippen LogP contribution in [0.25, 0.3) is 0 Å². The number of rotatable bonds is 10. The van der Waals surface area contributed by atoms with Crippen molar-refractivity contribution in [1.82, 2.24) is 0 Å². The Kier molecular flexibility index (Phi) is 8.36. The number of carbonyl (C=O) groups is 2. The third kappa shape index (κ3) is 4.62. The minimum atomic E-state index is -0.714. The Hall–Kier alpha value is -2.62. The molecule has 2 bridgehead atoms. The largest absolute Gasteiger partial charge is 0.451 e. The number of carbonyl (C=O) groups excluding carboxylic acids is 2. The predicted octanol–water partition coefficient (Wildman–Crippen LogP) is 8.37. The molecule has 39 heavy (non-hydrogen) atoms. The molecule has 0 radical (unpaired) electrons. The minimum Gasteiger partial charge on any atom is -0.451 e. The second-order valence-corrected chi connectivity index (χ2v) is 12.2. The number of hydrogen-bond acceptors (Lipinski definition) is 4. The monoisotopic (exact) mass is 532 g/mol. The second kappa shape index (κ2) is 11.1. The van der Waals surface area contributed by atoms with E-state index in [1.54, 1.807) is 0 Å². The lowest BCUT2D eigenvalue weighted by molar-refractivity contribution is -0.158. The van der Waals surface area contributed by atoms with E-state index in [0.29, 0.717) is 24.0 Å². The lowest BCUT2D eigenvalue weighted by atomic mass is 9.74. The Morgan fingerprint density at radius 1 is 0.692 bits per heavy atom. The first-order valence-corrected chi connectivity index (χ1v) is 15.2. The molecule has 0 saturated heterocycles. The summed E-state index contributed by atoms with van der Waals surface area (Å²) < 4.78 is 13.0. The quantitative estimate of drug-likeness (QED) is 0.209. The molecule has 0 heterocycles. The fourth-order valence-electron chi connectivity index (χ4n) is 7.90. The van der Waals surface area contributed by atoms with Gasteiger partial charge in [0.25, 0.3) is 0 Å². The van der Waals surface area contributed by atoms with Gasteiger partial charge in [-0.2, -0.15) is 0 Å². The van der Waals surface area contributed by atoms with E-state index in [-0.39, 0.29) is 41.0 Å². The Bertz CT molecular complexity index is 1090. The van der Waals surface area contributed by atoms with E-state index in [2.05, 4.69) is 79.7 Å². The number of ether oxygens (including phenoxy) is 2. The number of hydrogen-bond donors (Lipinski definition) is 0. The molecule has 0 spiro atoms. The van der Waals surface area contributed by atoms with Gasteiger partial charge in [0.2, 0.25) is 0 Å². The molecule has 4 heteroatoms. The highest BCUT2D eigenvalue weighted by Gasteiger charge is 2.57. The number of fused-ring (bicyclic) bond motifs is 2. The van der Waals surface area contributed by atoms with E-state index in [1.807, 2.05) is 24.3 Å². The molecule has 4 nitrogen and oxygen atoms in total. The zero-order valence-electron chi connectivity index (χ0n) is 25.3. The first-order valence-electron chi connectivity index (χ1n) is 15.2. The van der Waals surface area contributed by atoms with Crippen molar-refractivity contribution in [3.8, 4) is 0 Å². The molecule has 0 amide bonds. The van der Waals surface area contributed by atoms with Gasteiger partial charge in [-0.1, -0.05) is 103 Å². The van der Waals surface area contributed by atoms with Crippen molar-refractivity contribution in [3.63, 3.8) is 0 Å². The van der Waals surface area contributed by atoms with Crippen LogP contribution in [-0.4, -0.2) is 23.1 Å². The van der Waals surface area contributed by atoms with Crippen molar-refractivity contribution >= 4 is 11.9 Å². The molecule has 0 aromatic rings. The van der Waals surface area contributed by atoms with E-state index in [4.69, 9.17) is 9.47 Å². The zero-order valence-corrected chi connectivity index (χ0v) is 25.3. The van der Waals surface area contributed by atoms with Crippen LogP contribution < -0.4 is 0 Å². The van der Waals surface area contributed by atoms with Crippen molar-refractivity contribution in [3.05, 3.63) is 70.9 Å². The van der Waals surface area contributed by atoms with Gasteiger partial charge in [0.15, 0.2) is 0 Å². The van der Waals surface area contributed by atoms with E-state index in [0.717, 1.165) is 25.7 Å². The van der Waals surface area contributed by atoms with Crippen LogP contribution in [0.2, 0.25) is 0 Å². The van der Waals surface area contributed by atoms with Crippen molar-refractivity contribution in [1.29, 1.82) is 0 Å². The summed E-state index contributed by atoms with van der Waals surface area (Å²) >= 11 is 0. The van der Waals surface area contributed by atoms with Gasteiger partial charge < -0.3 is 9.47 Å². The molecular formula is C35H48O4. The number of esters is 2. The van der Waals surface area contributed by atoms with E-state index in [9.17, 15) is 9.59 Å². The van der Waals surface area contributed by atoms with Crippen LogP contribution in [0.4, 0.5) is 0 Å². The van der Waals surface area contributed by atoms with Crippen LogP contribution in [0.15, 0.2) is 70.9 Å². The van der Waals surface area contributed by atoms with Crippen LogP contribution in [0.5, 0.6) is 0 Å². The average Bonchev–Trinajstić information content (AvgIpc) is 3.36. The summed E-state index contributed by atoms with van der Waals surface area (Å²) in [5.41, 5.74) is 1.87. The summed E-state index contributed by atoms with van der Waals surface area (Å²) in [6, 6.07) is 0. The normalized spacial score (nSPS) is 34.3. The maximum Gasteiger partial charge on any atom is 0.336 e. The van der Waals surface area contributed by atoms with Crippen LogP contribution in [0, 0.1) is 29.1 Å². The van der Waals surface area contributed by atoms with Gasteiger partial charge in [0.1, 0.15) is 11.2 Å². The molecule has 4 aliphatic carbocycles. The van der Waals surface area contributed by atoms with Crippen LogP contribution in [-0.2, 0) is 19.1 Å². The maximum atomic E-state index is 14.2. The fourth-order valence-corrected chi connectivity index (χ4v) is 7.90. The standard InChI is InChI=1S/C35H48O4/c1-9-23-17-15-21-34(13-5,25(23)11-3)38-31(36)29-27-19-20-28(33(27,7)8)30(29)32(37)39-35(14-6)22-16-18-24(10-2)26(35)12-4/h15-22,25-28H,9-14H2,1-8H3. The topological polar surface area (TPSA) is 52.6 Å². The first kappa shape index (κ1) is 29.4. The van der Waals surface area contributed by atoms with Gasteiger partial charge in [-0.05, 0) is 56.1 Å². The molecule has 4 aliphatic rings. The summed E-state index contributed by atoms with van der Waals surface area (Å²) in [7, 11) is 0. The van der Waals surface area contributed by atoms with E-state index in [1.165, 1.54) is 11.1 Å². The Morgan fingerprint density at radius 3 is 1.38 bits per heavy atom. The molecule has 6 atom stereocenters. The Labute approximate surface area is 236 Å². The van der Waals surface area contributed by atoms with Crippen LogP contribution in [0.3, 0.4) is 0 Å². The van der Waals surface area contributed by atoms with Crippen molar-refractivity contribution in [2.24, 2.45) is 29.1 Å². The molecule has 4 rings (SSSR count). The van der Waals surface area contributed by atoms with Crippen molar-refractivity contribution in [2.45, 2.75) is 105 Å². The molecule has 0 aromatic heterocycles. The van der Waals surface area contributed by atoms with Gasteiger partial charge >= 0.3 is 11.9 Å². The van der Waals surface area contributed by atoms with Gasteiger partial charge in [-0.15, -0.1) is 0 Å². The molecule has 0 N–H and O–H groups in total. The summed E-state index contributed by atoms with van der Waals surface area (Å²) in [6.45, 7) is 17.1. The number of allylic oxidation sites excluding steroid dienone is 6. The SMILES string of the molecule is CCC1=CC=CC(CC)(OC(=O)C2=C(C(=O)OC3(CC)C=CC=C(CC)C3CC)C3C=CC2C3(C)C)C1CC. The molecule has 0 aromatic carbocycles. The van der Waals surface area contributed by atoms with Crippen LogP contribution >= 0.6 is 0 Å². The molecule has 0 saturated carbocycles. The van der Waals surface area contributed by atoms with E-state index < -0.39 is 11.2 Å². The summed E-state index contributed by atoms with van der Waals surface area (Å²) in [4.78, 5) is 28.4.